The molecule has 0 amide bonds. The van der Waals surface area contributed by atoms with Gasteiger partial charge in [0.15, 0.2) is 21.6 Å². The van der Waals surface area contributed by atoms with Crippen LogP contribution in [0.3, 0.4) is 0 Å². The summed E-state index contributed by atoms with van der Waals surface area (Å²) in [6.45, 7) is 6.65. The van der Waals surface area contributed by atoms with Crippen LogP contribution in [-0.4, -0.2) is 135 Å². The van der Waals surface area contributed by atoms with Gasteiger partial charge in [0.1, 0.15) is 66.3 Å². The first-order valence-electron chi connectivity index (χ1n) is 19.7. The average molecular weight is 950 g/mol. The van der Waals surface area contributed by atoms with E-state index in [-0.39, 0.29) is 64.5 Å². The number of thioether (sulfide) groups is 2. The van der Waals surface area contributed by atoms with Crippen molar-refractivity contribution in [1.82, 2.24) is 24.2 Å². The zero-order chi connectivity index (χ0) is 47.0. The molecule has 64 heavy (non-hydrogen) atoms. The number of phosphoric acid groups is 1. The largest absolute Gasteiger partial charge is 0.474 e. The van der Waals surface area contributed by atoms with E-state index < -0.39 is 79.7 Å². The molecule has 4 aromatic heterocycles. The number of carbonyl (C=O) groups excluding carboxylic acids is 2. The SMILES string of the molecule is CC(C)(C)C(=O)SCCOP(=O)(OCCSC(=O)C(C)(C)C[n+]1cnn2c([C@]3(C#N)O[C@H](CO)[C@@H](O)[C@H]3O)ccc2c1N)OC[C@H]1O[C@@](C#N)(c2ccc3c(N)ncnn23)[C@H](O)[C@@H]1O. The lowest BCUT2D eigenvalue weighted by Crippen LogP contribution is -2.47. The van der Waals surface area contributed by atoms with E-state index in [4.69, 9.17) is 34.5 Å². The fourth-order valence-electron chi connectivity index (χ4n) is 7.10. The van der Waals surface area contributed by atoms with E-state index in [0.717, 1.165) is 29.9 Å². The van der Waals surface area contributed by atoms with E-state index in [9.17, 15) is 50.2 Å². The number of rotatable bonds is 17. The number of phosphoric ester groups is 1. The Morgan fingerprint density at radius 1 is 0.859 bits per heavy atom. The molecule has 23 nitrogen and oxygen atoms in total. The number of aliphatic hydroxyl groups excluding tert-OH is 5. The van der Waals surface area contributed by atoms with E-state index >= 15 is 0 Å². The van der Waals surface area contributed by atoms with Crippen molar-refractivity contribution in [2.24, 2.45) is 10.8 Å². The Labute approximate surface area is 374 Å². The summed E-state index contributed by atoms with van der Waals surface area (Å²) >= 11 is 1.81. The third kappa shape index (κ3) is 9.23. The number of hydrogen-bond donors (Lipinski definition) is 7. The molecular weight excluding hydrogens is 900 g/mol. The smallest absolute Gasteiger partial charge is 0.394 e. The van der Waals surface area contributed by atoms with Crippen molar-refractivity contribution in [1.29, 1.82) is 10.5 Å². The van der Waals surface area contributed by atoms with Gasteiger partial charge in [0, 0.05) is 16.9 Å². The normalized spacial score (nSPS) is 27.1. The van der Waals surface area contributed by atoms with Crippen LogP contribution in [0.15, 0.2) is 36.9 Å². The number of anilines is 2. The molecule has 9 atom stereocenters. The number of carbonyl (C=O) groups is 2. The summed E-state index contributed by atoms with van der Waals surface area (Å²) in [5.74, 6) is 0.266. The zero-order valence-electron chi connectivity index (χ0n) is 35.4. The second-order valence-corrected chi connectivity index (χ2v) is 20.5. The highest BCUT2D eigenvalue weighted by Gasteiger charge is 2.59. The fourth-order valence-corrected chi connectivity index (χ4v) is 10.1. The summed E-state index contributed by atoms with van der Waals surface area (Å²) < 4.78 is 46.4. The lowest BCUT2D eigenvalue weighted by Gasteiger charge is -2.24. The van der Waals surface area contributed by atoms with Crippen LogP contribution >= 0.6 is 31.3 Å². The summed E-state index contributed by atoms with van der Waals surface area (Å²) in [6.07, 6.45) is -7.00. The van der Waals surface area contributed by atoms with Crippen molar-refractivity contribution in [3.63, 3.8) is 0 Å². The van der Waals surface area contributed by atoms with Gasteiger partial charge in [0.05, 0.1) is 44.1 Å². The lowest BCUT2D eigenvalue weighted by molar-refractivity contribution is -0.694. The van der Waals surface area contributed by atoms with Gasteiger partial charge in [0.2, 0.25) is 17.0 Å². The Hall–Kier alpha value is -4.31. The van der Waals surface area contributed by atoms with Gasteiger partial charge in [-0.15, -0.1) is 0 Å². The summed E-state index contributed by atoms with van der Waals surface area (Å²) in [5, 5.41) is 81.3. The quantitative estimate of drug-likeness (QED) is 0.0414. The third-order valence-corrected chi connectivity index (χ3v) is 14.6. The molecule has 2 aliphatic rings. The van der Waals surface area contributed by atoms with Gasteiger partial charge in [-0.1, -0.05) is 44.3 Å². The Bertz CT molecular complexity index is 2530. The van der Waals surface area contributed by atoms with Crippen LogP contribution in [0.25, 0.3) is 11.0 Å². The molecule has 2 fully saturated rings. The number of hydrogen-bond acceptors (Lipinski definition) is 22. The predicted molar refractivity (Wildman–Crippen MR) is 226 cm³/mol. The lowest BCUT2D eigenvalue weighted by atomic mass is 9.92. The molecule has 0 aromatic carbocycles. The van der Waals surface area contributed by atoms with Gasteiger partial charge in [0.25, 0.3) is 6.33 Å². The van der Waals surface area contributed by atoms with Gasteiger partial charge in [-0.25, -0.2) is 18.6 Å². The number of nitrogens with zero attached hydrogens (tertiary/aromatic N) is 8. The van der Waals surface area contributed by atoms with Crippen LogP contribution in [-0.2, 0) is 54.9 Å². The predicted octanol–water partition coefficient (Wildman–Crippen LogP) is -0.0498. The van der Waals surface area contributed by atoms with Crippen LogP contribution in [0.1, 0.15) is 46.0 Å². The molecule has 1 unspecified atom stereocenters. The van der Waals surface area contributed by atoms with Crippen LogP contribution in [0, 0.1) is 33.5 Å². The standard InChI is InChI=1S/C38H49N10O13PS2/c1-35(2,3)33(54)63-12-10-57-62(56,59-15-24-28(51)30(53)38(17-40,61-24)25-8-6-21-31(41)43-19-44-47(21)25)58-11-13-64-34(55)36(4,5)18-46-20-45-48-22(32(46)42)7-9-26(48)37(16-39)29(52)27(50)23(14-49)60-37/h6-9,19-20,23-24,27-30,42,49-53H,10-15,18H2,1-5H3,(H2,41,43,44)/p+1/t23-,24-,27-,28-,29-,30-,37+,38+,62?/m1/s1. The van der Waals surface area contributed by atoms with Crippen LogP contribution in [0.5, 0.6) is 0 Å². The van der Waals surface area contributed by atoms with E-state index in [1.165, 1.54) is 44.2 Å². The third-order valence-electron chi connectivity index (χ3n) is 10.7. The number of nitriles is 2. The molecule has 346 valence electrons. The highest BCUT2D eigenvalue weighted by atomic mass is 32.2. The Kier molecular flexibility index (Phi) is 14.5. The summed E-state index contributed by atoms with van der Waals surface area (Å²) in [5.41, 5.74) is 7.18. The first-order valence-corrected chi connectivity index (χ1v) is 23.2. The van der Waals surface area contributed by atoms with Gasteiger partial charge >= 0.3 is 7.82 Å². The molecule has 9 N–H and O–H groups in total. The van der Waals surface area contributed by atoms with E-state index in [0.29, 0.717) is 11.0 Å². The van der Waals surface area contributed by atoms with Crippen LogP contribution < -0.4 is 16.0 Å². The number of aromatic nitrogens is 6. The van der Waals surface area contributed by atoms with E-state index in [1.807, 2.05) is 12.1 Å². The molecule has 26 heteroatoms. The Morgan fingerprint density at radius 3 is 1.94 bits per heavy atom. The maximum atomic E-state index is 14.0. The van der Waals surface area contributed by atoms with Crippen molar-refractivity contribution in [3.05, 3.63) is 48.3 Å². The number of nitrogen functional groups attached to an aromatic ring is 2. The highest BCUT2D eigenvalue weighted by molar-refractivity contribution is 8.14. The molecule has 2 saturated heterocycles. The summed E-state index contributed by atoms with van der Waals surface area (Å²) in [7, 11) is -4.54. The van der Waals surface area contributed by atoms with Crippen molar-refractivity contribution in [2.45, 2.75) is 89.0 Å². The first-order chi connectivity index (χ1) is 30.1. The zero-order valence-corrected chi connectivity index (χ0v) is 37.9. The van der Waals surface area contributed by atoms with E-state index in [2.05, 4.69) is 15.2 Å². The highest BCUT2D eigenvalue weighted by Crippen LogP contribution is 2.51. The molecule has 0 saturated carbocycles. The first kappa shape index (κ1) is 49.1. The Balaban J connectivity index is 1.10. The molecular formula is C38H50N10O13PS2+. The monoisotopic (exact) mass is 949 g/mol. The molecule has 0 radical (unpaired) electrons. The van der Waals surface area contributed by atoms with Crippen molar-refractivity contribution in [2.75, 3.05) is 49.4 Å². The number of nitrogens with two attached hydrogens (primary N) is 2. The van der Waals surface area contributed by atoms with Crippen LogP contribution in [0.2, 0.25) is 0 Å². The van der Waals surface area contributed by atoms with Crippen LogP contribution in [0.4, 0.5) is 11.6 Å². The minimum Gasteiger partial charge on any atom is -0.394 e. The maximum absolute atomic E-state index is 14.0. The molecule has 0 bridgehead atoms. The average Bonchev–Trinajstić information content (AvgIpc) is 4.01. The number of aliphatic hydroxyl groups is 5. The van der Waals surface area contributed by atoms with Gasteiger partial charge < -0.3 is 46.5 Å². The number of fused-ring (bicyclic) bond motifs is 2. The molecule has 4 aromatic rings. The van der Waals surface area contributed by atoms with Crippen molar-refractivity contribution in [3.8, 4) is 12.1 Å². The maximum Gasteiger partial charge on any atom is 0.474 e. The number of ether oxygens (including phenoxy) is 2. The van der Waals surface area contributed by atoms with Gasteiger partial charge in [-0.3, -0.25) is 23.2 Å². The minimum atomic E-state index is -4.54. The summed E-state index contributed by atoms with van der Waals surface area (Å²) in [6, 6.07) is 9.74. The van der Waals surface area contributed by atoms with Gasteiger partial charge in [-0.2, -0.15) is 20.1 Å². The molecule has 0 spiro atoms. The molecule has 2 aliphatic heterocycles. The Morgan fingerprint density at radius 2 is 1.39 bits per heavy atom. The van der Waals surface area contributed by atoms with Gasteiger partial charge in [-0.05, 0) is 43.2 Å². The van der Waals surface area contributed by atoms with Crippen molar-refractivity contribution < 1.29 is 67.3 Å². The molecule has 6 rings (SSSR count). The summed E-state index contributed by atoms with van der Waals surface area (Å²) in [4.78, 5) is 30.0. The topological polar surface area (TPSA) is 350 Å². The molecule has 6 heterocycles. The second-order valence-electron chi connectivity index (χ2n) is 16.7. The second kappa shape index (κ2) is 18.9. The van der Waals surface area contributed by atoms with Crippen molar-refractivity contribution >= 4 is 64.2 Å². The van der Waals surface area contributed by atoms with E-state index in [1.54, 1.807) is 34.6 Å². The molecule has 0 aliphatic carbocycles. The minimum absolute atomic E-state index is 0.0259. The fraction of sp³-hybridized carbons (Fsp3) is 0.579.